The van der Waals surface area contributed by atoms with Crippen LogP contribution in [0.5, 0.6) is 5.75 Å². The summed E-state index contributed by atoms with van der Waals surface area (Å²) >= 11 is 0. The third-order valence-corrected chi connectivity index (χ3v) is 4.93. The third-order valence-electron chi connectivity index (χ3n) is 4.93. The molecule has 0 saturated heterocycles. The first-order chi connectivity index (χ1) is 13.6. The van der Waals surface area contributed by atoms with E-state index in [1.165, 1.54) is 12.1 Å². The van der Waals surface area contributed by atoms with Crippen LogP contribution in [0.15, 0.2) is 48.5 Å². The van der Waals surface area contributed by atoms with E-state index in [0.717, 1.165) is 30.1 Å². The van der Waals surface area contributed by atoms with Crippen molar-refractivity contribution < 1.29 is 9.13 Å². The second kappa shape index (κ2) is 7.33. The van der Waals surface area contributed by atoms with Gasteiger partial charge in [-0.15, -0.1) is 5.10 Å². The smallest absolute Gasteiger partial charge is 0.149 e. The topological polar surface area (TPSA) is 88.9 Å². The van der Waals surface area contributed by atoms with Gasteiger partial charge in [-0.1, -0.05) is 6.07 Å². The molecule has 1 saturated carbocycles. The predicted molar refractivity (Wildman–Crippen MR) is 105 cm³/mol. The molecular weight excluding hydrogens is 357 g/mol. The van der Waals surface area contributed by atoms with Gasteiger partial charge in [-0.2, -0.15) is 5.26 Å². The number of ether oxygens (including phenoxy) is 1. The molecule has 1 aliphatic carbocycles. The van der Waals surface area contributed by atoms with Crippen LogP contribution in [0.3, 0.4) is 0 Å². The molecule has 1 aromatic heterocycles. The fourth-order valence-corrected chi connectivity index (χ4v) is 3.10. The van der Waals surface area contributed by atoms with Crippen molar-refractivity contribution in [2.75, 3.05) is 19.0 Å². The number of hydrogen-bond acceptors (Lipinski definition) is 5. The average molecular weight is 377 g/mol. The minimum Gasteiger partial charge on any atom is -0.497 e. The summed E-state index contributed by atoms with van der Waals surface area (Å²) in [4.78, 5) is 0. The molecule has 0 bridgehead atoms. The molecule has 0 aliphatic heterocycles. The molecule has 3 N–H and O–H groups in total. The summed E-state index contributed by atoms with van der Waals surface area (Å²) in [6, 6.07) is 16.0. The first-order valence-corrected chi connectivity index (χ1v) is 9.03. The Morgan fingerprint density at radius 2 is 2.04 bits per heavy atom. The van der Waals surface area contributed by atoms with Crippen molar-refractivity contribution in [2.45, 2.75) is 12.5 Å². The number of nitriles is 1. The van der Waals surface area contributed by atoms with E-state index < -0.39 is 5.82 Å². The van der Waals surface area contributed by atoms with Crippen molar-refractivity contribution in [1.29, 1.82) is 5.26 Å². The van der Waals surface area contributed by atoms with Crippen LogP contribution in [0.2, 0.25) is 0 Å². The zero-order valence-corrected chi connectivity index (χ0v) is 15.4. The van der Waals surface area contributed by atoms with Gasteiger partial charge < -0.3 is 15.8 Å². The summed E-state index contributed by atoms with van der Waals surface area (Å²) < 4.78 is 21.1. The molecule has 6 nitrogen and oxygen atoms in total. The van der Waals surface area contributed by atoms with E-state index in [0.29, 0.717) is 17.3 Å². The lowest BCUT2D eigenvalue weighted by Gasteiger charge is -2.09. The maximum atomic E-state index is 14.2. The number of nitrogens with zero attached hydrogens (tertiary/aromatic N) is 3. The highest BCUT2D eigenvalue weighted by molar-refractivity contribution is 5.67. The van der Waals surface area contributed by atoms with Crippen molar-refractivity contribution in [1.82, 2.24) is 9.78 Å². The molecule has 4 rings (SSSR count). The lowest BCUT2D eigenvalue weighted by atomic mass is 10.1. The Balaban J connectivity index is 1.72. The van der Waals surface area contributed by atoms with Crippen LogP contribution in [-0.4, -0.2) is 29.5 Å². The van der Waals surface area contributed by atoms with E-state index in [1.807, 2.05) is 36.4 Å². The second-order valence-corrected chi connectivity index (χ2v) is 6.87. The molecule has 28 heavy (non-hydrogen) atoms. The van der Waals surface area contributed by atoms with Gasteiger partial charge in [-0.05, 0) is 48.7 Å². The Labute approximate surface area is 162 Å². The molecule has 0 spiro atoms. The highest BCUT2D eigenvalue weighted by atomic mass is 19.1. The summed E-state index contributed by atoms with van der Waals surface area (Å²) in [5, 5.41) is 16.9. The number of anilines is 1. The van der Waals surface area contributed by atoms with Crippen molar-refractivity contribution in [2.24, 2.45) is 11.7 Å². The van der Waals surface area contributed by atoms with E-state index in [2.05, 4.69) is 10.4 Å². The summed E-state index contributed by atoms with van der Waals surface area (Å²) in [5.74, 6) is 1.33. The second-order valence-electron chi connectivity index (χ2n) is 6.87. The Kier molecular flexibility index (Phi) is 4.72. The van der Waals surface area contributed by atoms with Gasteiger partial charge in [-0.25, -0.2) is 9.07 Å². The highest BCUT2D eigenvalue weighted by Gasteiger charge is 2.33. The molecule has 2 aromatic carbocycles. The number of aromatic nitrogens is 2. The van der Waals surface area contributed by atoms with Crippen molar-refractivity contribution in [3.8, 4) is 28.8 Å². The SMILES string of the molecule is COc1ccc(-n2nc(NC[C@@H]3C[C@@H]3N)cc2-c2ccc(C#N)c(F)c2)cc1. The number of nitrogens with two attached hydrogens (primary N) is 1. The van der Waals surface area contributed by atoms with E-state index in [-0.39, 0.29) is 11.6 Å². The van der Waals surface area contributed by atoms with Gasteiger partial charge in [0, 0.05) is 24.2 Å². The van der Waals surface area contributed by atoms with Crippen LogP contribution in [-0.2, 0) is 0 Å². The standard InChI is InChI=1S/C21H20FN5O/c1-28-17-6-4-16(5-7-17)27-20(13-2-3-14(11-23)18(22)8-13)10-21(26-27)25-12-15-9-19(15)24/h2-8,10,15,19H,9,12,24H2,1H3,(H,25,26)/t15-,19-/m0/s1. The van der Waals surface area contributed by atoms with Crippen LogP contribution < -0.4 is 15.8 Å². The third kappa shape index (κ3) is 3.55. The van der Waals surface area contributed by atoms with Crippen LogP contribution in [0.4, 0.5) is 10.2 Å². The molecule has 1 aliphatic rings. The molecular formula is C21H20FN5O. The minimum absolute atomic E-state index is 0.0142. The van der Waals surface area contributed by atoms with Crippen molar-refractivity contribution in [3.63, 3.8) is 0 Å². The van der Waals surface area contributed by atoms with Gasteiger partial charge in [0.15, 0.2) is 0 Å². The zero-order valence-electron chi connectivity index (χ0n) is 15.4. The maximum Gasteiger partial charge on any atom is 0.149 e. The first kappa shape index (κ1) is 18.0. The molecule has 0 unspecified atom stereocenters. The Morgan fingerprint density at radius 3 is 2.64 bits per heavy atom. The fourth-order valence-electron chi connectivity index (χ4n) is 3.10. The largest absolute Gasteiger partial charge is 0.497 e. The minimum atomic E-state index is -0.555. The number of rotatable bonds is 6. The van der Waals surface area contributed by atoms with Gasteiger partial charge in [0.2, 0.25) is 0 Å². The highest BCUT2D eigenvalue weighted by Crippen LogP contribution is 2.30. The number of benzene rings is 2. The molecule has 1 fully saturated rings. The fraction of sp³-hybridized carbons (Fsp3) is 0.238. The van der Waals surface area contributed by atoms with Crippen LogP contribution in [0.1, 0.15) is 12.0 Å². The summed E-state index contributed by atoms with van der Waals surface area (Å²) in [6.45, 7) is 0.752. The lowest BCUT2D eigenvalue weighted by Crippen LogP contribution is -2.11. The quantitative estimate of drug-likeness (QED) is 0.688. The van der Waals surface area contributed by atoms with Gasteiger partial charge in [0.1, 0.15) is 23.5 Å². The van der Waals surface area contributed by atoms with Crippen LogP contribution in [0, 0.1) is 23.1 Å². The number of halogens is 1. The van der Waals surface area contributed by atoms with Gasteiger partial charge in [0.05, 0.1) is 24.1 Å². The normalized spacial score (nSPS) is 17.8. The monoisotopic (exact) mass is 377 g/mol. The van der Waals surface area contributed by atoms with E-state index in [9.17, 15) is 4.39 Å². The summed E-state index contributed by atoms with van der Waals surface area (Å²) in [6.07, 6.45) is 1.01. The molecule has 0 radical (unpaired) electrons. The first-order valence-electron chi connectivity index (χ1n) is 9.03. The lowest BCUT2D eigenvalue weighted by molar-refractivity contribution is 0.414. The summed E-state index contributed by atoms with van der Waals surface area (Å²) in [5.41, 5.74) is 8.06. The summed E-state index contributed by atoms with van der Waals surface area (Å²) in [7, 11) is 1.61. The molecule has 2 atom stereocenters. The van der Waals surface area contributed by atoms with Gasteiger partial charge in [-0.3, -0.25) is 0 Å². The molecule has 142 valence electrons. The van der Waals surface area contributed by atoms with Crippen LogP contribution in [0.25, 0.3) is 16.9 Å². The Morgan fingerprint density at radius 1 is 1.29 bits per heavy atom. The molecule has 1 heterocycles. The Bertz CT molecular complexity index is 1040. The maximum absolute atomic E-state index is 14.2. The van der Waals surface area contributed by atoms with E-state index in [1.54, 1.807) is 17.9 Å². The predicted octanol–water partition coefficient (Wildman–Crippen LogP) is 3.32. The number of nitrogens with one attached hydrogen (secondary N) is 1. The number of hydrogen-bond donors (Lipinski definition) is 2. The van der Waals surface area contributed by atoms with E-state index in [4.69, 9.17) is 15.7 Å². The van der Waals surface area contributed by atoms with Gasteiger partial charge >= 0.3 is 0 Å². The van der Waals surface area contributed by atoms with Crippen LogP contribution >= 0.6 is 0 Å². The molecule has 7 heteroatoms. The number of methoxy groups -OCH3 is 1. The van der Waals surface area contributed by atoms with Gasteiger partial charge in [0.25, 0.3) is 0 Å². The van der Waals surface area contributed by atoms with Crippen molar-refractivity contribution >= 4 is 5.82 Å². The zero-order chi connectivity index (χ0) is 19.7. The average Bonchev–Trinajstić information content (AvgIpc) is 3.26. The van der Waals surface area contributed by atoms with Crippen molar-refractivity contribution in [3.05, 3.63) is 59.9 Å². The molecule has 0 amide bonds. The Hall–Kier alpha value is -3.37. The van der Waals surface area contributed by atoms with E-state index >= 15 is 0 Å². The molecule has 3 aromatic rings.